The Hall–Kier alpha value is -1.57. The van der Waals surface area contributed by atoms with Crippen molar-refractivity contribution < 1.29 is 0 Å². The normalized spacial score (nSPS) is 20.1. The van der Waals surface area contributed by atoms with Crippen molar-refractivity contribution in [3.8, 4) is 0 Å². The Morgan fingerprint density at radius 3 is 2.88 bits per heavy atom. The van der Waals surface area contributed by atoms with Gasteiger partial charge in [0.05, 0.1) is 6.54 Å². The molecule has 2 rings (SSSR count). The molecule has 84 valence electrons. The lowest BCUT2D eigenvalue weighted by Crippen LogP contribution is -2.09. The van der Waals surface area contributed by atoms with Gasteiger partial charge >= 0.3 is 0 Å². The number of hydrazone groups is 1. The lowest BCUT2D eigenvalue weighted by atomic mass is 9.96. The van der Waals surface area contributed by atoms with E-state index in [0.29, 0.717) is 5.92 Å². The summed E-state index contributed by atoms with van der Waals surface area (Å²) in [4.78, 5) is 0. The van der Waals surface area contributed by atoms with Crippen molar-refractivity contribution in [3.63, 3.8) is 0 Å². The van der Waals surface area contributed by atoms with Gasteiger partial charge in [-0.05, 0) is 30.7 Å². The zero-order valence-corrected chi connectivity index (χ0v) is 9.47. The molecule has 1 N–H and O–H groups in total. The quantitative estimate of drug-likeness (QED) is 0.465. The minimum absolute atomic E-state index is 0.619. The first-order chi connectivity index (χ1) is 7.95. The van der Waals surface area contributed by atoms with Crippen molar-refractivity contribution in [2.24, 2.45) is 11.0 Å². The highest BCUT2D eigenvalue weighted by Crippen LogP contribution is 2.15. The van der Waals surface area contributed by atoms with E-state index in [9.17, 15) is 0 Å². The standard InChI is InChI=1S/C14H18N2/c1-3-7-13(8-4-1)11-15-16-12-14-9-5-2-6-10-14/h1-5,7-8,12,14-15H,6,9-11H2. The average molecular weight is 214 g/mol. The molecule has 1 aliphatic rings. The second kappa shape index (κ2) is 6.11. The number of nitrogens with one attached hydrogen (secondary N) is 1. The van der Waals surface area contributed by atoms with Crippen LogP contribution in [0, 0.1) is 5.92 Å². The van der Waals surface area contributed by atoms with E-state index in [1.165, 1.54) is 18.4 Å². The van der Waals surface area contributed by atoms with Gasteiger partial charge in [0.1, 0.15) is 0 Å². The molecular formula is C14H18N2. The van der Waals surface area contributed by atoms with E-state index in [4.69, 9.17) is 0 Å². The molecule has 1 unspecified atom stereocenters. The molecule has 1 aromatic carbocycles. The van der Waals surface area contributed by atoms with Crippen LogP contribution >= 0.6 is 0 Å². The maximum atomic E-state index is 4.28. The van der Waals surface area contributed by atoms with E-state index in [2.05, 4.69) is 34.8 Å². The van der Waals surface area contributed by atoms with Crippen LogP contribution in [0.25, 0.3) is 0 Å². The fraction of sp³-hybridized carbons (Fsp3) is 0.357. The first kappa shape index (κ1) is 10.9. The Morgan fingerprint density at radius 1 is 1.25 bits per heavy atom. The molecule has 1 aliphatic carbocycles. The molecule has 2 nitrogen and oxygen atoms in total. The molecule has 16 heavy (non-hydrogen) atoms. The minimum atomic E-state index is 0.619. The molecule has 0 fully saturated rings. The summed E-state index contributed by atoms with van der Waals surface area (Å²) >= 11 is 0. The van der Waals surface area contributed by atoms with Gasteiger partial charge in [-0.1, -0.05) is 42.5 Å². The van der Waals surface area contributed by atoms with E-state index < -0.39 is 0 Å². The molecule has 0 saturated carbocycles. The Bertz CT molecular complexity index is 354. The van der Waals surface area contributed by atoms with E-state index in [1.54, 1.807) is 0 Å². The summed E-state index contributed by atoms with van der Waals surface area (Å²) in [5, 5.41) is 4.28. The maximum Gasteiger partial charge on any atom is 0.0579 e. The van der Waals surface area contributed by atoms with Crippen LogP contribution in [-0.2, 0) is 6.54 Å². The van der Waals surface area contributed by atoms with Crippen LogP contribution in [0.2, 0.25) is 0 Å². The second-order valence-electron chi connectivity index (χ2n) is 4.14. The smallest absolute Gasteiger partial charge is 0.0579 e. The lowest BCUT2D eigenvalue weighted by Gasteiger charge is -2.11. The van der Waals surface area contributed by atoms with Gasteiger partial charge in [-0.2, -0.15) is 5.10 Å². The van der Waals surface area contributed by atoms with Gasteiger partial charge in [-0.25, -0.2) is 0 Å². The zero-order chi connectivity index (χ0) is 11.1. The van der Waals surface area contributed by atoms with Gasteiger partial charge in [0.15, 0.2) is 0 Å². The van der Waals surface area contributed by atoms with E-state index >= 15 is 0 Å². The van der Waals surface area contributed by atoms with Crippen LogP contribution in [-0.4, -0.2) is 6.21 Å². The monoisotopic (exact) mass is 214 g/mol. The average Bonchev–Trinajstić information content (AvgIpc) is 2.37. The van der Waals surface area contributed by atoms with E-state index in [1.807, 2.05) is 24.4 Å². The summed E-state index contributed by atoms with van der Waals surface area (Å²) in [5.41, 5.74) is 4.36. The predicted octanol–water partition coefficient (Wildman–Crippen LogP) is 3.12. The van der Waals surface area contributed by atoms with Gasteiger partial charge < -0.3 is 5.43 Å². The summed E-state index contributed by atoms with van der Waals surface area (Å²) in [6, 6.07) is 10.3. The minimum Gasteiger partial charge on any atom is -0.306 e. The fourth-order valence-electron chi connectivity index (χ4n) is 1.84. The number of hydrogen-bond acceptors (Lipinski definition) is 2. The molecule has 0 radical (unpaired) electrons. The fourth-order valence-corrected chi connectivity index (χ4v) is 1.84. The third-order valence-electron chi connectivity index (χ3n) is 2.81. The molecule has 1 atom stereocenters. The van der Waals surface area contributed by atoms with Crippen LogP contribution in [0.15, 0.2) is 47.6 Å². The molecule has 2 heteroatoms. The van der Waals surface area contributed by atoms with E-state index in [-0.39, 0.29) is 0 Å². The van der Waals surface area contributed by atoms with Crippen LogP contribution < -0.4 is 5.43 Å². The third kappa shape index (κ3) is 3.54. The van der Waals surface area contributed by atoms with Crippen LogP contribution in [0.5, 0.6) is 0 Å². The van der Waals surface area contributed by atoms with Crippen molar-refractivity contribution in [3.05, 3.63) is 48.0 Å². The molecule has 0 heterocycles. The molecule has 1 aromatic rings. The van der Waals surface area contributed by atoms with Crippen molar-refractivity contribution >= 4 is 6.21 Å². The molecule has 0 saturated heterocycles. The highest BCUT2D eigenvalue weighted by molar-refractivity contribution is 5.60. The van der Waals surface area contributed by atoms with Gasteiger partial charge in [0.25, 0.3) is 0 Å². The molecule has 0 spiro atoms. The largest absolute Gasteiger partial charge is 0.306 e. The first-order valence-corrected chi connectivity index (χ1v) is 5.90. The summed E-state index contributed by atoms with van der Waals surface area (Å²) in [6.45, 7) is 0.805. The SMILES string of the molecule is C1=CCC(C=NNCc2ccccc2)CC1. The molecule has 0 bridgehead atoms. The highest BCUT2D eigenvalue weighted by Gasteiger charge is 2.05. The van der Waals surface area contributed by atoms with Gasteiger partial charge in [0.2, 0.25) is 0 Å². The Morgan fingerprint density at radius 2 is 2.12 bits per heavy atom. The van der Waals surface area contributed by atoms with Crippen molar-refractivity contribution in [2.75, 3.05) is 0 Å². The number of nitrogens with zero attached hydrogens (tertiary/aromatic N) is 1. The van der Waals surface area contributed by atoms with Crippen molar-refractivity contribution in [2.45, 2.75) is 25.8 Å². The summed E-state index contributed by atoms with van der Waals surface area (Å²) in [5.74, 6) is 0.619. The second-order valence-corrected chi connectivity index (χ2v) is 4.14. The number of benzene rings is 1. The number of hydrogen-bond donors (Lipinski definition) is 1. The number of allylic oxidation sites excluding steroid dienone is 2. The Balaban J connectivity index is 1.71. The summed E-state index contributed by atoms with van der Waals surface area (Å²) in [7, 11) is 0. The van der Waals surface area contributed by atoms with Gasteiger partial charge in [-0.15, -0.1) is 0 Å². The molecule has 0 amide bonds. The number of rotatable bonds is 4. The van der Waals surface area contributed by atoms with Crippen LogP contribution in [0.4, 0.5) is 0 Å². The molecule has 0 aliphatic heterocycles. The lowest BCUT2D eigenvalue weighted by molar-refractivity contribution is 0.617. The zero-order valence-electron chi connectivity index (χ0n) is 9.47. The van der Waals surface area contributed by atoms with Crippen molar-refractivity contribution in [1.82, 2.24) is 5.43 Å². The topological polar surface area (TPSA) is 24.4 Å². The molecule has 0 aromatic heterocycles. The Kier molecular flexibility index (Phi) is 4.17. The first-order valence-electron chi connectivity index (χ1n) is 5.90. The highest BCUT2D eigenvalue weighted by atomic mass is 15.3. The Labute approximate surface area is 97.1 Å². The van der Waals surface area contributed by atoms with Crippen molar-refractivity contribution in [1.29, 1.82) is 0 Å². The summed E-state index contributed by atoms with van der Waals surface area (Å²) < 4.78 is 0. The third-order valence-corrected chi connectivity index (χ3v) is 2.81. The summed E-state index contributed by atoms with van der Waals surface area (Å²) in [6.07, 6.45) is 10.1. The maximum absolute atomic E-state index is 4.28. The van der Waals surface area contributed by atoms with Gasteiger partial charge in [0, 0.05) is 6.21 Å². The van der Waals surface area contributed by atoms with Crippen LogP contribution in [0.3, 0.4) is 0 Å². The molecular weight excluding hydrogens is 196 g/mol. The van der Waals surface area contributed by atoms with Gasteiger partial charge in [-0.3, -0.25) is 0 Å². The van der Waals surface area contributed by atoms with E-state index in [0.717, 1.165) is 13.0 Å². The van der Waals surface area contributed by atoms with Crippen LogP contribution in [0.1, 0.15) is 24.8 Å². The predicted molar refractivity (Wildman–Crippen MR) is 68.3 cm³/mol.